The van der Waals surface area contributed by atoms with E-state index < -0.39 is 17.8 Å². The number of ketones is 1. The molecule has 1 aliphatic heterocycles. The standard InChI is InChI=1S/C48H58N2O4/c1-10-54-48(53)42(30-43(51)36-21-15-12-16-22-36)41(35-19-13-11-14-20-35)29-44(52)47-49(45-37(31(2)3)23-17-24-38(45)32(4)5)27-28-50(47)46-39(33(6)7)25-18-26-40(46)34(8)9/h11-26,29,31-34,41-42H,10,27-28,30H2,1-9H3/p+1/b44-29-/t41-,42+/m1/s1. The quantitative estimate of drug-likeness (QED) is 0.0571. The minimum Gasteiger partial charge on any atom is -0.501 e. The lowest BCUT2D eigenvalue weighted by Crippen LogP contribution is -2.34. The lowest BCUT2D eigenvalue weighted by atomic mass is 9.81. The number of ether oxygens (including phenoxy) is 1. The highest BCUT2D eigenvalue weighted by Gasteiger charge is 2.42. The summed E-state index contributed by atoms with van der Waals surface area (Å²) in [5, 5.41) is 12.9. The fourth-order valence-electron chi connectivity index (χ4n) is 7.83. The highest BCUT2D eigenvalue weighted by molar-refractivity contribution is 6.07. The number of para-hydroxylation sites is 2. The number of rotatable bonds is 15. The molecule has 1 aliphatic rings. The summed E-state index contributed by atoms with van der Waals surface area (Å²) in [4.78, 5) is 30.1. The normalized spacial score (nSPS) is 14.8. The first-order valence-electron chi connectivity index (χ1n) is 19.7. The summed E-state index contributed by atoms with van der Waals surface area (Å²) < 4.78 is 7.97. The molecular formula is C48H59N2O4+. The molecule has 54 heavy (non-hydrogen) atoms. The first-order valence-corrected chi connectivity index (χ1v) is 19.7. The van der Waals surface area contributed by atoms with Crippen molar-refractivity contribution in [2.24, 2.45) is 5.92 Å². The molecule has 0 aromatic heterocycles. The summed E-state index contributed by atoms with van der Waals surface area (Å²) in [6, 6.07) is 31.9. The molecule has 4 aromatic rings. The van der Waals surface area contributed by atoms with Gasteiger partial charge in [0.15, 0.2) is 5.78 Å². The van der Waals surface area contributed by atoms with Gasteiger partial charge in [0.2, 0.25) is 5.76 Å². The summed E-state index contributed by atoms with van der Waals surface area (Å²) in [7, 11) is 0. The topological polar surface area (TPSA) is 69.9 Å². The number of benzene rings is 4. The molecular weight excluding hydrogens is 669 g/mol. The Labute approximate surface area is 323 Å². The average Bonchev–Trinajstić information content (AvgIpc) is 3.60. The van der Waals surface area contributed by atoms with E-state index >= 15 is 0 Å². The van der Waals surface area contributed by atoms with Crippen LogP contribution >= 0.6 is 0 Å². The lowest BCUT2D eigenvalue weighted by molar-refractivity contribution is -0.430. The molecule has 6 nitrogen and oxygen atoms in total. The van der Waals surface area contributed by atoms with Gasteiger partial charge in [-0.3, -0.25) is 9.59 Å². The zero-order valence-electron chi connectivity index (χ0n) is 33.7. The number of carbonyl (C=O) groups is 2. The molecule has 0 unspecified atom stereocenters. The average molecular weight is 728 g/mol. The van der Waals surface area contributed by atoms with Gasteiger partial charge >= 0.3 is 11.8 Å². The number of Topliss-reactive ketones (excluding diaryl/α,β-unsaturated/α-hetero) is 1. The Morgan fingerprint density at radius 1 is 0.722 bits per heavy atom. The van der Waals surface area contributed by atoms with Gasteiger partial charge in [-0.1, -0.05) is 152 Å². The van der Waals surface area contributed by atoms with Crippen LogP contribution in [0.2, 0.25) is 0 Å². The molecule has 1 N–H and O–H groups in total. The van der Waals surface area contributed by atoms with Gasteiger partial charge in [-0.15, -0.1) is 0 Å². The van der Waals surface area contributed by atoms with Gasteiger partial charge in [0.25, 0.3) is 0 Å². The first-order chi connectivity index (χ1) is 25.8. The van der Waals surface area contributed by atoms with Crippen molar-refractivity contribution in [3.05, 3.63) is 142 Å². The van der Waals surface area contributed by atoms with E-state index in [-0.39, 0.29) is 48.2 Å². The number of nitrogens with zero attached hydrogens (tertiary/aromatic N) is 2. The van der Waals surface area contributed by atoms with Crippen molar-refractivity contribution >= 4 is 29.0 Å². The number of hydrogen-bond acceptors (Lipinski definition) is 5. The van der Waals surface area contributed by atoms with Crippen LogP contribution < -0.4 is 4.90 Å². The van der Waals surface area contributed by atoms with Crippen LogP contribution in [0.15, 0.2) is 109 Å². The molecule has 5 rings (SSSR count). The van der Waals surface area contributed by atoms with Crippen molar-refractivity contribution in [1.82, 2.24) is 0 Å². The van der Waals surface area contributed by atoms with Gasteiger partial charge in [-0.25, -0.2) is 9.48 Å². The van der Waals surface area contributed by atoms with Crippen LogP contribution in [-0.2, 0) is 9.53 Å². The van der Waals surface area contributed by atoms with Crippen molar-refractivity contribution in [3.8, 4) is 0 Å². The van der Waals surface area contributed by atoms with E-state index in [2.05, 4.69) is 101 Å². The summed E-state index contributed by atoms with van der Waals surface area (Å²) >= 11 is 0. The predicted molar refractivity (Wildman–Crippen MR) is 222 cm³/mol. The van der Waals surface area contributed by atoms with Gasteiger partial charge in [0.05, 0.1) is 12.5 Å². The van der Waals surface area contributed by atoms with Crippen molar-refractivity contribution in [1.29, 1.82) is 0 Å². The number of anilines is 1. The zero-order valence-corrected chi connectivity index (χ0v) is 33.7. The molecule has 0 saturated heterocycles. The zero-order chi connectivity index (χ0) is 39.1. The maximum atomic E-state index is 14.0. The molecule has 0 spiro atoms. The Hall–Kier alpha value is -4.97. The molecule has 284 valence electrons. The van der Waals surface area contributed by atoms with Crippen molar-refractivity contribution < 1.29 is 24.0 Å². The summed E-state index contributed by atoms with van der Waals surface area (Å²) in [5.74, 6) is -0.469. The van der Waals surface area contributed by atoms with Crippen molar-refractivity contribution in [2.75, 3.05) is 24.6 Å². The van der Waals surface area contributed by atoms with Gasteiger partial charge < -0.3 is 9.84 Å². The molecule has 0 bridgehead atoms. The van der Waals surface area contributed by atoms with E-state index in [1.165, 1.54) is 22.3 Å². The molecule has 4 aromatic carbocycles. The maximum Gasteiger partial charge on any atom is 0.325 e. The van der Waals surface area contributed by atoms with E-state index in [4.69, 9.17) is 4.74 Å². The molecule has 1 heterocycles. The molecule has 2 atom stereocenters. The minimum absolute atomic E-state index is 0.0596. The number of aliphatic hydroxyl groups is 1. The fourth-order valence-corrected chi connectivity index (χ4v) is 7.83. The van der Waals surface area contributed by atoms with Gasteiger partial charge in [-0.05, 0) is 42.2 Å². The highest BCUT2D eigenvalue weighted by Crippen LogP contribution is 2.42. The Kier molecular flexibility index (Phi) is 13.3. The molecule has 0 fully saturated rings. The van der Waals surface area contributed by atoms with Gasteiger partial charge in [0.1, 0.15) is 24.5 Å². The smallest absolute Gasteiger partial charge is 0.325 e. The van der Waals surface area contributed by atoms with E-state index in [1.54, 1.807) is 25.1 Å². The van der Waals surface area contributed by atoms with E-state index in [9.17, 15) is 14.7 Å². The van der Waals surface area contributed by atoms with Gasteiger partial charge in [-0.2, -0.15) is 0 Å². The third-order valence-electron chi connectivity index (χ3n) is 10.6. The SMILES string of the molecule is CCOC(=O)[C@@H](CC(=O)c1ccccc1)[C@H](/C=C(\O)C1=[N+](c2c(C(C)C)cccc2C(C)C)CCN1c1c(C(C)C)cccc1C(C)C)c1ccccc1. The first kappa shape index (κ1) is 40.2. The lowest BCUT2D eigenvalue weighted by Gasteiger charge is -2.26. The van der Waals surface area contributed by atoms with Crippen molar-refractivity contribution in [2.45, 2.75) is 98.3 Å². The number of esters is 1. The Bertz CT molecular complexity index is 1920. The van der Waals surface area contributed by atoms with Crippen LogP contribution in [0.4, 0.5) is 11.4 Å². The molecule has 0 amide bonds. The largest absolute Gasteiger partial charge is 0.501 e. The minimum atomic E-state index is -0.880. The second-order valence-electron chi connectivity index (χ2n) is 15.7. The number of hydrogen-bond donors (Lipinski definition) is 1. The molecule has 6 heteroatoms. The Morgan fingerprint density at radius 3 is 1.72 bits per heavy atom. The third-order valence-corrected chi connectivity index (χ3v) is 10.6. The number of amidine groups is 1. The van der Waals surface area contributed by atoms with Crippen LogP contribution in [0.3, 0.4) is 0 Å². The second kappa shape index (κ2) is 17.9. The number of allylic oxidation sites excluding steroid dienone is 1. The highest BCUT2D eigenvalue weighted by atomic mass is 16.5. The van der Waals surface area contributed by atoms with Crippen molar-refractivity contribution in [3.63, 3.8) is 0 Å². The molecule has 0 saturated carbocycles. The Balaban J connectivity index is 1.83. The van der Waals surface area contributed by atoms with Crippen LogP contribution in [0.25, 0.3) is 0 Å². The van der Waals surface area contributed by atoms with E-state index in [0.717, 1.165) is 16.9 Å². The number of aliphatic hydroxyl groups excluding tert-OH is 1. The predicted octanol–water partition coefficient (Wildman–Crippen LogP) is 11.4. The van der Waals surface area contributed by atoms with E-state index in [1.807, 2.05) is 48.5 Å². The molecule has 0 aliphatic carbocycles. The van der Waals surface area contributed by atoms with Crippen LogP contribution in [-0.4, -0.2) is 47.0 Å². The summed E-state index contributed by atoms with van der Waals surface area (Å²) in [5.41, 5.74) is 8.44. The summed E-state index contributed by atoms with van der Waals surface area (Å²) in [6.07, 6.45) is 1.73. The van der Waals surface area contributed by atoms with Crippen LogP contribution in [0, 0.1) is 5.92 Å². The summed E-state index contributed by atoms with van der Waals surface area (Å²) in [6.45, 7) is 21.0. The number of carbonyl (C=O) groups excluding carboxylic acids is 2. The van der Waals surface area contributed by atoms with E-state index in [0.29, 0.717) is 24.5 Å². The van der Waals surface area contributed by atoms with Gasteiger partial charge in [0, 0.05) is 40.2 Å². The maximum absolute atomic E-state index is 14.0. The monoisotopic (exact) mass is 727 g/mol. The fraction of sp³-hybridized carbons (Fsp3) is 0.396. The Morgan fingerprint density at radius 2 is 1.22 bits per heavy atom. The third kappa shape index (κ3) is 8.70. The second-order valence-corrected chi connectivity index (χ2v) is 15.7. The van der Waals surface area contributed by atoms with Crippen LogP contribution in [0.1, 0.15) is 136 Å². The van der Waals surface area contributed by atoms with Crippen LogP contribution in [0.5, 0.6) is 0 Å². The molecule has 0 radical (unpaired) electrons.